The Kier molecular flexibility index (Phi) is 7.94. The molecular formula is C18H21F4N5OS. The number of guanidine groups is 1. The van der Waals surface area contributed by atoms with E-state index in [0.717, 1.165) is 22.3 Å². The van der Waals surface area contributed by atoms with Gasteiger partial charge in [-0.25, -0.2) is 14.4 Å². The molecule has 0 radical (unpaired) electrons. The van der Waals surface area contributed by atoms with E-state index < -0.39 is 23.7 Å². The van der Waals surface area contributed by atoms with E-state index in [4.69, 9.17) is 5.73 Å². The number of thiazole rings is 1. The molecule has 29 heavy (non-hydrogen) atoms. The number of rotatable bonds is 8. The first-order valence-electron chi connectivity index (χ1n) is 8.76. The zero-order valence-corrected chi connectivity index (χ0v) is 16.4. The second-order valence-electron chi connectivity index (χ2n) is 6.13. The second kappa shape index (κ2) is 10.2. The van der Waals surface area contributed by atoms with Gasteiger partial charge in [0.1, 0.15) is 10.8 Å². The van der Waals surface area contributed by atoms with Crippen LogP contribution in [0.25, 0.3) is 0 Å². The number of aliphatic imine (C=N–C) groups is 1. The summed E-state index contributed by atoms with van der Waals surface area (Å²) in [5.41, 5.74) is 5.26. The second-order valence-corrected chi connectivity index (χ2v) is 7.07. The van der Waals surface area contributed by atoms with Gasteiger partial charge in [-0.05, 0) is 31.0 Å². The van der Waals surface area contributed by atoms with Crippen molar-refractivity contribution in [2.24, 2.45) is 16.6 Å². The van der Waals surface area contributed by atoms with Gasteiger partial charge in [-0.1, -0.05) is 12.1 Å². The largest absolute Gasteiger partial charge is 0.434 e. The van der Waals surface area contributed by atoms with E-state index in [9.17, 15) is 22.4 Å². The Morgan fingerprint density at radius 2 is 1.97 bits per heavy atom. The van der Waals surface area contributed by atoms with Crippen molar-refractivity contribution in [3.05, 3.63) is 51.7 Å². The van der Waals surface area contributed by atoms with Crippen LogP contribution in [0.4, 0.5) is 17.6 Å². The van der Waals surface area contributed by atoms with E-state index >= 15 is 0 Å². The molecule has 2 aromatic rings. The highest BCUT2D eigenvalue weighted by molar-refractivity contribution is 7.09. The maximum Gasteiger partial charge on any atom is 0.434 e. The van der Waals surface area contributed by atoms with Crippen LogP contribution in [0.2, 0.25) is 0 Å². The molecule has 1 aromatic heterocycles. The number of nitrogens with one attached hydrogen (secondary N) is 2. The van der Waals surface area contributed by atoms with Crippen LogP contribution in [-0.2, 0) is 23.9 Å². The molecule has 11 heteroatoms. The molecule has 4 N–H and O–H groups in total. The van der Waals surface area contributed by atoms with E-state index in [2.05, 4.69) is 20.6 Å². The summed E-state index contributed by atoms with van der Waals surface area (Å²) in [5.74, 6) is -1.17. The first kappa shape index (κ1) is 22.6. The van der Waals surface area contributed by atoms with Crippen LogP contribution in [0.15, 0.2) is 34.6 Å². The van der Waals surface area contributed by atoms with Gasteiger partial charge in [-0.2, -0.15) is 13.2 Å². The summed E-state index contributed by atoms with van der Waals surface area (Å²) in [6.45, 7) is 2.45. The maximum atomic E-state index is 13.0. The molecule has 0 fully saturated rings. The third kappa shape index (κ3) is 7.33. The minimum absolute atomic E-state index is 0.0463. The SMILES string of the molecule is CCNC(=NCc1nc(C(F)(F)F)cs1)NCC(Cc1ccc(F)cc1)C(N)=O. The van der Waals surface area contributed by atoms with Gasteiger partial charge in [0.05, 0.1) is 12.5 Å². The van der Waals surface area contributed by atoms with Gasteiger partial charge >= 0.3 is 6.18 Å². The van der Waals surface area contributed by atoms with Crippen molar-refractivity contribution in [1.82, 2.24) is 15.6 Å². The smallest absolute Gasteiger partial charge is 0.369 e. The number of nitrogens with two attached hydrogens (primary N) is 1. The van der Waals surface area contributed by atoms with Crippen LogP contribution < -0.4 is 16.4 Å². The molecule has 0 saturated heterocycles. The number of alkyl halides is 3. The summed E-state index contributed by atoms with van der Waals surface area (Å²) >= 11 is 0.870. The monoisotopic (exact) mass is 431 g/mol. The summed E-state index contributed by atoms with van der Waals surface area (Å²) in [5, 5.41) is 7.06. The number of hydrogen-bond donors (Lipinski definition) is 3. The molecule has 1 amide bonds. The molecule has 1 atom stereocenters. The van der Waals surface area contributed by atoms with Gasteiger partial charge in [0.2, 0.25) is 5.91 Å². The van der Waals surface area contributed by atoms with Crippen molar-refractivity contribution < 1.29 is 22.4 Å². The van der Waals surface area contributed by atoms with Crippen LogP contribution in [-0.4, -0.2) is 29.9 Å². The zero-order chi connectivity index (χ0) is 21.4. The van der Waals surface area contributed by atoms with Gasteiger partial charge in [-0.15, -0.1) is 11.3 Å². The highest BCUT2D eigenvalue weighted by atomic mass is 32.1. The van der Waals surface area contributed by atoms with E-state index in [1.807, 2.05) is 6.92 Å². The first-order chi connectivity index (χ1) is 13.7. The molecule has 0 spiro atoms. The summed E-state index contributed by atoms with van der Waals surface area (Å²) in [6, 6.07) is 5.75. The molecule has 1 heterocycles. The Hall–Kier alpha value is -2.69. The number of nitrogens with zero attached hydrogens (tertiary/aromatic N) is 2. The number of amides is 1. The Morgan fingerprint density at radius 3 is 2.52 bits per heavy atom. The van der Waals surface area contributed by atoms with Crippen LogP contribution in [0.1, 0.15) is 23.2 Å². The maximum absolute atomic E-state index is 13.0. The molecule has 1 unspecified atom stereocenters. The highest BCUT2D eigenvalue weighted by Crippen LogP contribution is 2.30. The third-order valence-corrected chi connectivity index (χ3v) is 4.71. The lowest BCUT2D eigenvalue weighted by Gasteiger charge is -2.17. The molecule has 0 aliphatic carbocycles. The number of benzene rings is 1. The van der Waals surface area contributed by atoms with Gasteiger partial charge in [0, 0.05) is 18.5 Å². The Balaban J connectivity index is 2.00. The lowest BCUT2D eigenvalue weighted by molar-refractivity contribution is -0.140. The Labute approximate surface area is 169 Å². The number of carbonyl (C=O) groups is 1. The van der Waals surface area contributed by atoms with Crippen LogP contribution in [0.3, 0.4) is 0 Å². The summed E-state index contributed by atoms with van der Waals surface area (Å²) in [4.78, 5) is 19.5. The van der Waals surface area contributed by atoms with Crippen molar-refractivity contribution in [2.75, 3.05) is 13.1 Å². The fourth-order valence-corrected chi connectivity index (χ4v) is 3.12. The van der Waals surface area contributed by atoms with Crippen molar-refractivity contribution in [2.45, 2.75) is 26.1 Å². The molecule has 1 aromatic carbocycles. The Morgan fingerprint density at radius 1 is 1.28 bits per heavy atom. The highest BCUT2D eigenvalue weighted by Gasteiger charge is 2.33. The molecule has 158 valence electrons. The normalized spacial score (nSPS) is 13.2. The summed E-state index contributed by atoms with van der Waals surface area (Å²) < 4.78 is 50.9. The van der Waals surface area contributed by atoms with Gasteiger partial charge in [0.25, 0.3) is 0 Å². The zero-order valence-electron chi connectivity index (χ0n) is 15.6. The van der Waals surface area contributed by atoms with Crippen LogP contribution in [0.5, 0.6) is 0 Å². The quantitative estimate of drug-likeness (QED) is 0.340. The number of aromatic nitrogens is 1. The molecule has 0 aliphatic heterocycles. The average Bonchev–Trinajstić information content (AvgIpc) is 3.13. The third-order valence-electron chi connectivity index (χ3n) is 3.87. The van der Waals surface area contributed by atoms with Crippen molar-refractivity contribution in [3.8, 4) is 0 Å². The van der Waals surface area contributed by atoms with Crippen LogP contribution >= 0.6 is 11.3 Å². The lowest BCUT2D eigenvalue weighted by Crippen LogP contribution is -2.43. The Bertz CT molecular complexity index is 836. The summed E-state index contributed by atoms with van der Waals surface area (Å²) in [7, 11) is 0. The fourth-order valence-electron chi connectivity index (χ4n) is 2.40. The fraction of sp³-hybridized carbons (Fsp3) is 0.389. The first-order valence-corrected chi connectivity index (χ1v) is 9.64. The number of carbonyl (C=O) groups excluding carboxylic acids is 1. The minimum atomic E-state index is -4.49. The number of hydrogen-bond acceptors (Lipinski definition) is 4. The number of halogens is 4. The predicted molar refractivity (Wildman–Crippen MR) is 103 cm³/mol. The van der Waals surface area contributed by atoms with Crippen molar-refractivity contribution >= 4 is 23.2 Å². The van der Waals surface area contributed by atoms with Gasteiger partial charge in [0.15, 0.2) is 11.7 Å². The topological polar surface area (TPSA) is 92.4 Å². The standard InChI is InChI=1S/C18H21F4N5OS/c1-2-24-17(26-9-15-27-14(10-29-15)18(20,21)22)25-8-12(16(23)28)7-11-3-5-13(19)6-4-11/h3-6,10,12H,2,7-9H2,1H3,(H2,23,28)(H2,24,25,26). The minimum Gasteiger partial charge on any atom is -0.369 e. The predicted octanol–water partition coefficient (Wildman–Crippen LogP) is 2.70. The molecule has 0 bridgehead atoms. The van der Waals surface area contributed by atoms with Crippen LogP contribution in [0, 0.1) is 11.7 Å². The van der Waals surface area contributed by atoms with Crippen molar-refractivity contribution in [3.63, 3.8) is 0 Å². The van der Waals surface area contributed by atoms with E-state index in [1.54, 1.807) is 12.1 Å². The number of primary amides is 1. The molecule has 6 nitrogen and oxygen atoms in total. The van der Waals surface area contributed by atoms with Crippen molar-refractivity contribution in [1.29, 1.82) is 0 Å². The van der Waals surface area contributed by atoms with E-state index in [-0.39, 0.29) is 23.9 Å². The molecule has 2 rings (SSSR count). The summed E-state index contributed by atoms with van der Waals surface area (Å²) in [6.07, 6.45) is -4.18. The van der Waals surface area contributed by atoms with E-state index in [0.29, 0.717) is 18.9 Å². The molecule has 0 saturated carbocycles. The molecular weight excluding hydrogens is 410 g/mol. The molecule has 0 aliphatic rings. The van der Waals surface area contributed by atoms with E-state index in [1.165, 1.54) is 12.1 Å². The van der Waals surface area contributed by atoms with Gasteiger partial charge in [-0.3, -0.25) is 4.79 Å². The van der Waals surface area contributed by atoms with Gasteiger partial charge < -0.3 is 16.4 Å². The lowest BCUT2D eigenvalue weighted by atomic mass is 9.98. The average molecular weight is 431 g/mol.